The predicted octanol–water partition coefficient (Wildman–Crippen LogP) is 2.37. The summed E-state index contributed by atoms with van der Waals surface area (Å²) in [6, 6.07) is 9.46. The number of benzene rings is 1. The third-order valence-electron chi connectivity index (χ3n) is 2.01. The SMILES string of the molecule is O=S(=O)(O)c1ccc(-c2ccccc2O)s1. The quantitative estimate of drug-likeness (QED) is 0.809. The van der Waals surface area contributed by atoms with Gasteiger partial charge in [0, 0.05) is 10.4 Å². The number of para-hydroxylation sites is 1. The minimum atomic E-state index is -4.17. The highest BCUT2D eigenvalue weighted by Crippen LogP contribution is 2.35. The fourth-order valence-corrected chi connectivity index (χ4v) is 2.99. The van der Waals surface area contributed by atoms with Gasteiger partial charge in [0.1, 0.15) is 9.96 Å². The molecule has 0 saturated carbocycles. The summed E-state index contributed by atoms with van der Waals surface area (Å²) in [7, 11) is -4.17. The van der Waals surface area contributed by atoms with E-state index in [9.17, 15) is 13.5 Å². The standard InChI is InChI=1S/C10H8O4S2/c11-8-4-2-1-3-7(8)9-5-6-10(15-9)16(12,13)14/h1-6,11H,(H,12,13,14). The summed E-state index contributed by atoms with van der Waals surface area (Å²) >= 11 is 0.909. The van der Waals surface area contributed by atoms with Gasteiger partial charge in [0.05, 0.1) is 0 Å². The van der Waals surface area contributed by atoms with Crippen LogP contribution in [0, 0.1) is 0 Å². The van der Waals surface area contributed by atoms with Crippen molar-refractivity contribution < 1.29 is 18.1 Å². The van der Waals surface area contributed by atoms with Crippen molar-refractivity contribution >= 4 is 21.5 Å². The van der Waals surface area contributed by atoms with Crippen LogP contribution in [-0.2, 0) is 10.1 Å². The second-order valence-electron chi connectivity index (χ2n) is 3.11. The zero-order valence-corrected chi connectivity index (χ0v) is 9.62. The molecule has 0 aliphatic heterocycles. The number of hydrogen-bond donors (Lipinski definition) is 2. The fourth-order valence-electron chi connectivity index (χ4n) is 1.29. The van der Waals surface area contributed by atoms with Gasteiger partial charge >= 0.3 is 10.1 Å². The molecule has 1 aromatic heterocycles. The molecule has 2 aromatic rings. The van der Waals surface area contributed by atoms with Crippen LogP contribution in [0.4, 0.5) is 0 Å². The number of aromatic hydroxyl groups is 1. The third-order valence-corrected chi connectivity index (χ3v) is 4.44. The number of thiophene rings is 1. The normalized spacial score (nSPS) is 11.6. The maximum absolute atomic E-state index is 10.9. The molecule has 1 aromatic carbocycles. The van der Waals surface area contributed by atoms with E-state index in [4.69, 9.17) is 4.55 Å². The van der Waals surface area contributed by atoms with Gasteiger partial charge in [-0.3, -0.25) is 4.55 Å². The highest BCUT2D eigenvalue weighted by Gasteiger charge is 2.14. The lowest BCUT2D eigenvalue weighted by atomic mass is 10.2. The van der Waals surface area contributed by atoms with E-state index in [0.29, 0.717) is 10.4 Å². The fraction of sp³-hybridized carbons (Fsp3) is 0. The summed E-state index contributed by atoms with van der Waals surface area (Å²) in [4.78, 5) is 0.589. The van der Waals surface area contributed by atoms with Gasteiger partial charge < -0.3 is 5.11 Å². The van der Waals surface area contributed by atoms with Crippen molar-refractivity contribution in [2.24, 2.45) is 0 Å². The van der Waals surface area contributed by atoms with E-state index in [1.165, 1.54) is 12.1 Å². The summed E-state index contributed by atoms with van der Waals surface area (Å²) in [5.41, 5.74) is 0.544. The number of hydrogen-bond acceptors (Lipinski definition) is 4. The lowest BCUT2D eigenvalue weighted by Crippen LogP contribution is -1.92. The van der Waals surface area contributed by atoms with Crippen LogP contribution in [0.2, 0.25) is 0 Å². The topological polar surface area (TPSA) is 74.6 Å². The molecular weight excluding hydrogens is 248 g/mol. The van der Waals surface area contributed by atoms with Crippen LogP contribution in [0.15, 0.2) is 40.6 Å². The van der Waals surface area contributed by atoms with Crippen molar-refractivity contribution in [2.75, 3.05) is 0 Å². The second kappa shape index (κ2) is 3.89. The zero-order chi connectivity index (χ0) is 11.8. The van der Waals surface area contributed by atoms with Crippen molar-refractivity contribution in [3.8, 4) is 16.2 Å². The van der Waals surface area contributed by atoms with E-state index in [1.807, 2.05) is 0 Å². The lowest BCUT2D eigenvalue weighted by Gasteiger charge is -1.99. The molecule has 0 aliphatic carbocycles. The van der Waals surface area contributed by atoms with Gasteiger partial charge in [0.15, 0.2) is 0 Å². The zero-order valence-electron chi connectivity index (χ0n) is 7.99. The average molecular weight is 256 g/mol. The van der Waals surface area contributed by atoms with E-state index in [2.05, 4.69) is 0 Å². The molecule has 4 nitrogen and oxygen atoms in total. The molecule has 16 heavy (non-hydrogen) atoms. The van der Waals surface area contributed by atoms with E-state index < -0.39 is 10.1 Å². The highest BCUT2D eigenvalue weighted by atomic mass is 32.3. The van der Waals surface area contributed by atoms with Crippen LogP contribution in [0.5, 0.6) is 5.75 Å². The Morgan fingerprint density at radius 2 is 1.75 bits per heavy atom. The number of phenolic OH excluding ortho intramolecular Hbond substituents is 1. The number of rotatable bonds is 2. The van der Waals surface area contributed by atoms with Gasteiger partial charge in [-0.25, -0.2) is 0 Å². The van der Waals surface area contributed by atoms with Crippen LogP contribution >= 0.6 is 11.3 Å². The van der Waals surface area contributed by atoms with E-state index in [0.717, 1.165) is 11.3 Å². The summed E-state index contributed by atoms with van der Waals surface area (Å²) in [5, 5.41) is 9.57. The molecule has 0 spiro atoms. The van der Waals surface area contributed by atoms with Gasteiger partial charge in [-0.05, 0) is 24.3 Å². The minimum absolute atomic E-state index is 0.0752. The highest BCUT2D eigenvalue weighted by molar-refractivity contribution is 7.88. The van der Waals surface area contributed by atoms with Gasteiger partial charge in [-0.1, -0.05) is 12.1 Å². The van der Waals surface area contributed by atoms with Crippen molar-refractivity contribution in [1.82, 2.24) is 0 Å². The Kier molecular flexibility index (Phi) is 2.71. The van der Waals surface area contributed by atoms with Crippen molar-refractivity contribution in [3.63, 3.8) is 0 Å². The molecule has 0 amide bonds. The van der Waals surface area contributed by atoms with Gasteiger partial charge in [-0.2, -0.15) is 8.42 Å². The first-order chi connectivity index (χ1) is 7.48. The van der Waals surface area contributed by atoms with Gasteiger partial charge in [0.25, 0.3) is 0 Å². The monoisotopic (exact) mass is 256 g/mol. The predicted molar refractivity (Wildman–Crippen MR) is 61.2 cm³/mol. The van der Waals surface area contributed by atoms with Crippen molar-refractivity contribution in [3.05, 3.63) is 36.4 Å². The maximum atomic E-state index is 10.9. The largest absolute Gasteiger partial charge is 0.507 e. The Balaban J connectivity index is 2.52. The van der Waals surface area contributed by atoms with Gasteiger partial charge in [-0.15, -0.1) is 11.3 Å². The average Bonchev–Trinajstić information content (AvgIpc) is 2.66. The minimum Gasteiger partial charge on any atom is -0.507 e. The molecule has 0 saturated heterocycles. The molecule has 0 aliphatic rings. The second-order valence-corrected chi connectivity index (χ2v) is 5.84. The first-order valence-electron chi connectivity index (χ1n) is 4.34. The Labute approximate surface area is 96.6 Å². The molecule has 6 heteroatoms. The lowest BCUT2D eigenvalue weighted by molar-refractivity contribution is 0.477. The number of phenols is 1. The summed E-state index contributed by atoms with van der Waals surface area (Å²) < 4.78 is 30.4. The molecule has 0 bridgehead atoms. The third kappa shape index (κ3) is 2.08. The first-order valence-corrected chi connectivity index (χ1v) is 6.60. The maximum Gasteiger partial charge on any atom is 0.304 e. The molecule has 0 fully saturated rings. The molecule has 0 atom stereocenters. The Morgan fingerprint density at radius 3 is 2.31 bits per heavy atom. The molecule has 2 N–H and O–H groups in total. The van der Waals surface area contributed by atoms with Crippen molar-refractivity contribution in [1.29, 1.82) is 0 Å². The molecule has 2 rings (SSSR count). The molecule has 84 valence electrons. The molecule has 0 radical (unpaired) electrons. The van der Waals surface area contributed by atoms with Crippen LogP contribution < -0.4 is 0 Å². The molecular formula is C10H8O4S2. The van der Waals surface area contributed by atoms with Crippen LogP contribution in [0.25, 0.3) is 10.4 Å². The van der Waals surface area contributed by atoms with E-state index >= 15 is 0 Å². The smallest absolute Gasteiger partial charge is 0.304 e. The van der Waals surface area contributed by atoms with Crippen LogP contribution in [-0.4, -0.2) is 18.1 Å². The Bertz CT molecular complexity index is 613. The van der Waals surface area contributed by atoms with Crippen LogP contribution in [0.3, 0.4) is 0 Å². The summed E-state index contributed by atoms with van der Waals surface area (Å²) in [6.07, 6.45) is 0. The van der Waals surface area contributed by atoms with Crippen LogP contribution in [0.1, 0.15) is 0 Å². The Morgan fingerprint density at radius 1 is 1.06 bits per heavy atom. The molecule has 1 heterocycles. The van der Waals surface area contributed by atoms with Crippen molar-refractivity contribution in [2.45, 2.75) is 4.21 Å². The van der Waals surface area contributed by atoms with E-state index in [1.54, 1.807) is 24.3 Å². The summed E-state index contributed by atoms with van der Waals surface area (Å²) in [5.74, 6) is 0.0752. The first kappa shape index (κ1) is 11.1. The molecule has 0 unspecified atom stereocenters. The summed E-state index contributed by atoms with van der Waals surface area (Å²) in [6.45, 7) is 0. The Hall–Kier alpha value is -1.37. The van der Waals surface area contributed by atoms with E-state index in [-0.39, 0.29) is 9.96 Å². The van der Waals surface area contributed by atoms with Gasteiger partial charge in [0.2, 0.25) is 0 Å².